The molecule has 0 atom stereocenters. The molecule has 0 amide bonds. The van der Waals surface area contributed by atoms with Gasteiger partial charge in [0.15, 0.2) is 0 Å². The Morgan fingerprint density at radius 2 is 1.48 bits per heavy atom. The van der Waals surface area contributed by atoms with E-state index < -0.39 is 7.60 Å². The zero-order valence-corrected chi connectivity index (χ0v) is 17.9. The first-order valence-corrected chi connectivity index (χ1v) is 10.8. The summed E-state index contributed by atoms with van der Waals surface area (Å²) in [4.78, 5) is 0. The van der Waals surface area contributed by atoms with E-state index in [0.717, 1.165) is 33.6 Å². The van der Waals surface area contributed by atoms with Crippen LogP contribution < -0.4 is 4.74 Å². The Hall–Kier alpha value is -1.87. The molecule has 0 N–H and O–H groups in total. The smallest absolute Gasteiger partial charge is 0.354 e. The van der Waals surface area contributed by atoms with Gasteiger partial charge in [-0.3, -0.25) is 4.57 Å². The third-order valence-corrected chi connectivity index (χ3v) is 6.06. The van der Waals surface area contributed by atoms with Crippen molar-refractivity contribution in [2.75, 3.05) is 20.3 Å². The number of hydrogen-bond acceptors (Lipinski definition) is 4. The van der Waals surface area contributed by atoms with Crippen molar-refractivity contribution in [3.8, 4) is 5.75 Å². The minimum Gasteiger partial charge on any atom is -0.497 e. The first-order chi connectivity index (χ1) is 12.8. The van der Waals surface area contributed by atoms with Crippen LogP contribution in [0, 0.1) is 20.8 Å². The van der Waals surface area contributed by atoms with Crippen LogP contribution in [-0.4, -0.2) is 20.3 Å². The summed E-state index contributed by atoms with van der Waals surface area (Å²) in [7, 11) is -1.73. The maximum atomic E-state index is 13.2. The van der Waals surface area contributed by atoms with Crippen LogP contribution in [-0.2, 0) is 13.6 Å². The van der Waals surface area contributed by atoms with Gasteiger partial charge < -0.3 is 13.8 Å². The molecule has 0 saturated carbocycles. The predicted octanol–water partition coefficient (Wildman–Crippen LogP) is 6.28. The molecule has 0 spiro atoms. The van der Waals surface area contributed by atoms with Gasteiger partial charge in [-0.25, -0.2) is 0 Å². The third kappa shape index (κ3) is 5.32. The van der Waals surface area contributed by atoms with Gasteiger partial charge in [0.2, 0.25) is 0 Å². The highest BCUT2D eigenvalue weighted by Crippen LogP contribution is 2.53. The number of methoxy groups -OCH3 is 1. The molecule has 2 rings (SSSR count). The molecule has 2 aromatic rings. The normalized spacial score (nSPS) is 12.3. The van der Waals surface area contributed by atoms with Crippen molar-refractivity contribution in [1.29, 1.82) is 0 Å². The van der Waals surface area contributed by atoms with Crippen molar-refractivity contribution < 1.29 is 18.3 Å². The first kappa shape index (κ1) is 21.4. The van der Waals surface area contributed by atoms with E-state index >= 15 is 0 Å². The molecule has 146 valence electrons. The molecular weight excluding hydrogens is 359 g/mol. The monoisotopic (exact) mass is 388 g/mol. The van der Waals surface area contributed by atoms with E-state index in [4.69, 9.17) is 13.8 Å². The second-order valence-corrected chi connectivity index (χ2v) is 8.27. The van der Waals surface area contributed by atoms with Crippen molar-refractivity contribution in [3.63, 3.8) is 0 Å². The van der Waals surface area contributed by atoms with Gasteiger partial charge in [0, 0.05) is 5.82 Å². The van der Waals surface area contributed by atoms with Crippen LogP contribution in [0.1, 0.15) is 41.7 Å². The van der Waals surface area contributed by atoms with Crippen molar-refractivity contribution in [3.05, 3.63) is 70.0 Å². The Bertz CT molecular complexity index is 820. The highest BCUT2D eigenvalue weighted by molar-refractivity contribution is 7.57. The van der Waals surface area contributed by atoms with E-state index in [1.54, 1.807) is 12.9 Å². The van der Waals surface area contributed by atoms with Gasteiger partial charge in [-0.05, 0) is 74.6 Å². The second-order valence-electron chi connectivity index (χ2n) is 6.42. The minimum atomic E-state index is -3.37. The summed E-state index contributed by atoms with van der Waals surface area (Å²) >= 11 is 0. The quantitative estimate of drug-likeness (QED) is 0.500. The minimum absolute atomic E-state index is 0.315. The highest BCUT2D eigenvalue weighted by Gasteiger charge is 2.24. The largest absolute Gasteiger partial charge is 0.497 e. The molecule has 5 heteroatoms. The predicted molar refractivity (Wildman–Crippen MR) is 112 cm³/mol. The number of rotatable bonds is 8. The molecule has 0 heterocycles. The lowest BCUT2D eigenvalue weighted by molar-refractivity contribution is 0.229. The summed E-state index contributed by atoms with van der Waals surface area (Å²) in [5, 5.41) is 0. The van der Waals surface area contributed by atoms with Crippen molar-refractivity contribution in [2.45, 2.75) is 34.6 Å². The first-order valence-electron chi connectivity index (χ1n) is 9.17. The Morgan fingerprint density at radius 1 is 0.963 bits per heavy atom. The Morgan fingerprint density at radius 3 is 1.93 bits per heavy atom. The standard InChI is InChI=1S/C22H29O4P/c1-7-25-27(23,26-8-2)15-21(19-9-11-20(24-6)12-10-19)22-17(4)13-16(3)14-18(22)5/h9-15H,7-8H2,1-6H3/b21-15-. The Balaban J connectivity index is 2.72. The summed E-state index contributed by atoms with van der Waals surface area (Å²) in [5.41, 5.74) is 6.26. The van der Waals surface area contributed by atoms with Crippen molar-refractivity contribution in [1.82, 2.24) is 0 Å². The van der Waals surface area contributed by atoms with E-state index in [1.165, 1.54) is 5.56 Å². The summed E-state index contributed by atoms with van der Waals surface area (Å²) < 4.78 is 29.6. The molecule has 27 heavy (non-hydrogen) atoms. The van der Waals surface area contributed by atoms with E-state index in [1.807, 2.05) is 38.1 Å². The molecule has 0 aliphatic heterocycles. The van der Waals surface area contributed by atoms with Gasteiger partial charge >= 0.3 is 7.60 Å². The lowest BCUT2D eigenvalue weighted by Crippen LogP contribution is -2.00. The summed E-state index contributed by atoms with van der Waals surface area (Å²) in [6.07, 6.45) is 0. The molecule has 0 fully saturated rings. The zero-order valence-electron chi connectivity index (χ0n) is 17.0. The van der Waals surface area contributed by atoms with E-state index in [2.05, 4.69) is 32.9 Å². The average Bonchev–Trinajstić information content (AvgIpc) is 2.60. The van der Waals surface area contributed by atoms with Crippen LogP contribution in [0.5, 0.6) is 5.75 Å². The van der Waals surface area contributed by atoms with Crippen LogP contribution in [0.4, 0.5) is 0 Å². The lowest BCUT2D eigenvalue weighted by atomic mass is 9.90. The fourth-order valence-electron chi connectivity index (χ4n) is 3.29. The maximum Gasteiger partial charge on any atom is 0.354 e. The second kappa shape index (κ2) is 9.36. The van der Waals surface area contributed by atoms with Crippen molar-refractivity contribution in [2.24, 2.45) is 0 Å². The van der Waals surface area contributed by atoms with Crippen molar-refractivity contribution >= 4 is 13.2 Å². The number of benzene rings is 2. The van der Waals surface area contributed by atoms with Gasteiger partial charge in [-0.2, -0.15) is 0 Å². The molecule has 4 nitrogen and oxygen atoms in total. The van der Waals surface area contributed by atoms with Gasteiger partial charge in [-0.1, -0.05) is 29.8 Å². The lowest BCUT2D eigenvalue weighted by Gasteiger charge is -2.19. The summed E-state index contributed by atoms with van der Waals surface area (Å²) in [6, 6.07) is 12.0. The SMILES string of the molecule is CCOP(=O)(/C=C(/c1ccc(OC)cc1)c1c(C)cc(C)cc1C)OCC. The van der Waals surface area contributed by atoms with Crippen LogP contribution >= 0.6 is 7.60 Å². The van der Waals surface area contributed by atoms with Gasteiger partial charge in [0.05, 0.1) is 20.3 Å². The molecule has 2 aromatic carbocycles. The molecule has 0 radical (unpaired) electrons. The average molecular weight is 388 g/mol. The van der Waals surface area contributed by atoms with E-state index in [-0.39, 0.29) is 0 Å². The number of ether oxygens (including phenoxy) is 1. The molecule has 0 aromatic heterocycles. The van der Waals surface area contributed by atoms with E-state index in [0.29, 0.717) is 13.2 Å². The number of aryl methyl sites for hydroxylation is 3. The Labute approximate surface area is 162 Å². The highest BCUT2D eigenvalue weighted by atomic mass is 31.2. The van der Waals surface area contributed by atoms with Gasteiger partial charge in [0.25, 0.3) is 0 Å². The number of hydrogen-bond donors (Lipinski definition) is 0. The third-order valence-electron chi connectivity index (χ3n) is 4.25. The van der Waals surface area contributed by atoms with Gasteiger partial charge in [-0.15, -0.1) is 0 Å². The Kier molecular flexibility index (Phi) is 7.43. The van der Waals surface area contributed by atoms with Crippen LogP contribution in [0.2, 0.25) is 0 Å². The molecule has 0 bridgehead atoms. The van der Waals surface area contributed by atoms with E-state index in [9.17, 15) is 4.57 Å². The molecular formula is C22H29O4P. The van der Waals surface area contributed by atoms with Crippen LogP contribution in [0.15, 0.2) is 42.2 Å². The zero-order chi connectivity index (χ0) is 20.0. The fraction of sp³-hybridized carbons (Fsp3) is 0.364. The molecule has 0 aliphatic rings. The molecule has 0 aliphatic carbocycles. The molecule has 0 unspecified atom stereocenters. The van der Waals surface area contributed by atoms with Gasteiger partial charge in [0.1, 0.15) is 5.75 Å². The topological polar surface area (TPSA) is 44.8 Å². The van der Waals surface area contributed by atoms with Crippen LogP contribution in [0.25, 0.3) is 5.57 Å². The van der Waals surface area contributed by atoms with Crippen LogP contribution in [0.3, 0.4) is 0 Å². The summed E-state index contributed by atoms with van der Waals surface area (Å²) in [6.45, 7) is 10.5. The summed E-state index contributed by atoms with van der Waals surface area (Å²) in [5.74, 6) is 2.43. The fourth-order valence-corrected chi connectivity index (χ4v) is 4.83. The maximum absolute atomic E-state index is 13.2. The molecule has 0 saturated heterocycles.